The van der Waals surface area contributed by atoms with Crippen LogP contribution in [-0.2, 0) is 6.54 Å². The largest absolute Gasteiger partial charge is 0.355 e. The summed E-state index contributed by atoms with van der Waals surface area (Å²) in [5.41, 5.74) is 2.84. The van der Waals surface area contributed by atoms with Crippen LogP contribution in [-0.4, -0.2) is 48.0 Å². The Hall–Kier alpha value is -2.51. The molecule has 1 saturated carbocycles. The highest BCUT2D eigenvalue weighted by atomic mass is 15.4. The van der Waals surface area contributed by atoms with E-state index in [2.05, 4.69) is 41.3 Å². The van der Waals surface area contributed by atoms with Gasteiger partial charge in [-0.1, -0.05) is 5.21 Å². The van der Waals surface area contributed by atoms with Gasteiger partial charge in [0.15, 0.2) is 11.5 Å². The third kappa shape index (κ3) is 2.51. The second-order valence-electron chi connectivity index (χ2n) is 6.87. The minimum atomic E-state index is 0.647. The molecule has 0 amide bonds. The van der Waals surface area contributed by atoms with Crippen molar-refractivity contribution in [2.24, 2.45) is 5.92 Å². The molecule has 3 aromatic rings. The number of nitrogens with zero attached hydrogens (tertiary/aromatic N) is 7. The molecule has 124 valence electrons. The summed E-state index contributed by atoms with van der Waals surface area (Å²) in [6.45, 7) is 2.97. The van der Waals surface area contributed by atoms with Crippen LogP contribution in [0.5, 0.6) is 0 Å². The number of piperidine rings is 1. The number of aromatic nitrogens is 7. The lowest BCUT2D eigenvalue weighted by atomic mass is 9.97. The van der Waals surface area contributed by atoms with Crippen LogP contribution in [0, 0.1) is 5.92 Å². The van der Waals surface area contributed by atoms with Crippen LogP contribution in [0.25, 0.3) is 11.2 Å². The van der Waals surface area contributed by atoms with Gasteiger partial charge in [-0.15, -0.1) is 5.10 Å². The van der Waals surface area contributed by atoms with Gasteiger partial charge in [0.1, 0.15) is 11.8 Å². The molecule has 3 aromatic heterocycles. The zero-order valence-electron chi connectivity index (χ0n) is 13.5. The molecule has 5 rings (SSSR count). The molecule has 8 nitrogen and oxygen atoms in total. The molecule has 0 aromatic carbocycles. The smallest absolute Gasteiger partial charge is 0.182 e. The summed E-state index contributed by atoms with van der Waals surface area (Å²) in [4.78, 5) is 18.3. The normalized spacial score (nSPS) is 19.2. The Bertz CT molecular complexity index is 841. The van der Waals surface area contributed by atoms with Crippen molar-refractivity contribution in [3.63, 3.8) is 0 Å². The van der Waals surface area contributed by atoms with E-state index in [0.29, 0.717) is 11.8 Å². The highest BCUT2D eigenvalue weighted by molar-refractivity contribution is 5.82. The number of rotatable bonds is 4. The number of hydrogen-bond donors (Lipinski definition) is 1. The molecule has 2 fully saturated rings. The Kier molecular flexibility index (Phi) is 3.20. The zero-order valence-corrected chi connectivity index (χ0v) is 13.5. The van der Waals surface area contributed by atoms with Gasteiger partial charge in [-0.05, 0) is 31.6 Å². The molecule has 1 aliphatic heterocycles. The molecule has 0 unspecified atom stereocenters. The van der Waals surface area contributed by atoms with Crippen molar-refractivity contribution in [2.45, 2.75) is 38.1 Å². The minimum absolute atomic E-state index is 0.647. The summed E-state index contributed by atoms with van der Waals surface area (Å²) in [7, 11) is 0. The number of imidazole rings is 1. The van der Waals surface area contributed by atoms with Gasteiger partial charge in [-0.25, -0.2) is 15.0 Å². The van der Waals surface area contributed by atoms with Crippen molar-refractivity contribution in [3.8, 4) is 0 Å². The number of anilines is 1. The van der Waals surface area contributed by atoms with E-state index in [4.69, 9.17) is 0 Å². The van der Waals surface area contributed by atoms with E-state index in [1.54, 1.807) is 12.7 Å². The average Bonchev–Trinajstić information content (AvgIpc) is 3.17. The predicted octanol–water partition coefficient (Wildman–Crippen LogP) is 1.74. The molecule has 1 saturated heterocycles. The fraction of sp³-hybridized carbons (Fsp3) is 0.562. The van der Waals surface area contributed by atoms with E-state index in [9.17, 15) is 0 Å². The minimum Gasteiger partial charge on any atom is -0.355 e. The lowest BCUT2D eigenvalue weighted by molar-refractivity contribution is 0.338. The summed E-state index contributed by atoms with van der Waals surface area (Å²) < 4.78 is 2.03. The highest BCUT2D eigenvalue weighted by Gasteiger charge is 2.27. The van der Waals surface area contributed by atoms with Gasteiger partial charge in [0.05, 0.1) is 12.0 Å². The van der Waals surface area contributed by atoms with Gasteiger partial charge in [-0.3, -0.25) is 4.68 Å². The van der Waals surface area contributed by atoms with Gasteiger partial charge in [-0.2, -0.15) is 0 Å². The lowest BCUT2D eigenvalue weighted by Crippen LogP contribution is -2.35. The Labute approximate surface area is 139 Å². The first-order chi connectivity index (χ1) is 11.9. The fourth-order valence-corrected chi connectivity index (χ4v) is 3.55. The van der Waals surface area contributed by atoms with E-state index >= 15 is 0 Å². The third-order valence-corrected chi connectivity index (χ3v) is 5.11. The Morgan fingerprint density at radius 1 is 1.08 bits per heavy atom. The van der Waals surface area contributed by atoms with Crippen molar-refractivity contribution < 1.29 is 0 Å². The number of H-pyrrole nitrogens is 1. The van der Waals surface area contributed by atoms with Crippen molar-refractivity contribution in [3.05, 3.63) is 24.5 Å². The van der Waals surface area contributed by atoms with Gasteiger partial charge in [0.2, 0.25) is 0 Å². The van der Waals surface area contributed by atoms with Crippen LogP contribution in [0.3, 0.4) is 0 Å². The Balaban J connectivity index is 1.24. The molecule has 1 aliphatic carbocycles. The van der Waals surface area contributed by atoms with Gasteiger partial charge in [0, 0.05) is 31.7 Å². The summed E-state index contributed by atoms with van der Waals surface area (Å²) in [6, 6.07) is 0. The summed E-state index contributed by atoms with van der Waals surface area (Å²) in [6.07, 6.45) is 10.2. The van der Waals surface area contributed by atoms with E-state index in [0.717, 1.165) is 49.5 Å². The monoisotopic (exact) mass is 324 g/mol. The van der Waals surface area contributed by atoms with Crippen molar-refractivity contribution in [2.75, 3.05) is 18.0 Å². The molecule has 0 radical (unpaired) electrons. The first-order valence-electron chi connectivity index (χ1n) is 8.66. The van der Waals surface area contributed by atoms with Crippen molar-refractivity contribution in [1.29, 1.82) is 0 Å². The van der Waals surface area contributed by atoms with Crippen LogP contribution >= 0.6 is 0 Å². The molecule has 1 N–H and O–H groups in total. The SMILES string of the molecule is c1nc(N2CCC(Cn3cc(C4CC4)nn3)CC2)c2[nH]cnc2n1. The first kappa shape index (κ1) is 13.9. The van der Waals surface area contributed by atoms with Gasteiger partial charge >= 0.3 is 0 Å². The van der Waals surface area contributed by atoms with Gasteiger partial charge < -0.3 is 9.88 Å². The number of aromatic amines is 1. The molecule has 0 atom stereocenters. The second-order valence-corrected chi connectivity index (χ2v) is 6.87. The zero-order chi connectivity index (χ0) is 15.9. The quantitative estimate of drug-likeness (QED) is 0.786. The highest BCUT2D eigenvalue weighted by Crippen LogP contribution is 2.38. The number of hydrogen-bond acceptors (Lipinski definition) is 6. The first-order valence-corrected chi connectivity index (χ1v) is 8.66. The summed E-state index contributed by atoms with van der Waals surface area (Å²) in [5, 5.41) is 8.61. The standard InChI is InChI=1S/C16H20N8/c1-2-12(1)13-8-24(22-21-13)7-11-3-5-23(6-4-11)16-14-15(18-9-17-14)19-10-20-16/h8-12H,1-7H2,(H,17,18,19,20). The second kappa shape index (κ2) is 5.54. The van der Waals surface area contributed by atoms with Crippen LogP contribution in [0.1, 0.15) is 37.3 Å². The molecular formula is C16H20N8. The van der Waals surface area contributed by atoms with E-state index in [1.165, 1.54) is 18.5 Å². The van der Waals surface area contributed by atoms with Crippen LogP contribution < -0.4 is 4.90 Å². The van der Waals surface area contributed by atoms with Crippen LogP contribution in [0.4, 0.5) is 5.82 Å². The molecule has 24 heavy (non-hydrogen) atoms. The van der Waals surface area contributed by atoms with Crippen LogP contribution in [0.15, 0.2) is 18.9 Å². The Morgan fingerprint density at radius 2 is 1.96 bits per heavy atom. The molecule has 8 heteroatoms. The van der Waals surface area contributed by atoms with Crippen LogP contribution in [0.2, 0.25) is 0 Å². The number of nitrogens with one attached hydrogen (secondary N) is 1. The molecule has 0 spiro atoms. The third-order valence-electron chi connectivity index (χ3n) is 5.11. The van der Waals surface area contributed by atoms with Gasteiger partial charge in [0.25, 0.3) is 0 Å². The Morgan fingerprint density at radius 3 is 2.79 bits per heavy atom. The predicted molar refractivity (Wildman–Crippen MR) is 88.6 cm³/mol. The average molecular weight is 324 g/mol. The van der Waals surface area contributed by atoms with E-state index in [-0.39, 0.29) is 0 Å². The lowest BCUT2D eigenvalue weighted by Gasteiger charge is -2.32. The molecular weight excluding hydrogens is 304 g/mol. The van der Waals surface area contributed by atoms with E-state index in [1.807, 2.05) is 4.68 Å². The number of fused-ring (bicyclic) bond motifs is 1. The maximum atomic E-state index is 4.46. The topological polar surface area (TPSA) is 88.4 Å². The van der Waals surface area contributed by atoms with Crippen molar-refractivity contribution in [1.82, 2.24) is 34.9 Å². The molecule has 0 bridgehead atoms. The molecule has 4 heterocycles. The fourth-order valence-electron chi connectivity index (χ4n) is 3.55. The molecule has 2 aliphatic rings. The summed E-state index contributed by atoms with van der Waals surface area (Å²) in [5.74, 6) is 2.29. The maximum absolute atomic E-state index is 4.46. The summed E-state index contributed by atoms with van der Waals surface area (Å²) >= 11 is 0. The van der Waals surface area contributed by atoms with E-state index < -0.39 is 0 Å². The van der Waals surface area contributed by atoms with Crippen molar-refractivity contribution >= 4 is 17.0 Å². The maximum Gasteiger partial charge on any atom is 0.182 e.